The lowest BCUT2D eigenvalue weighted by Crippen LogP contribution is -2.19. The van der Waals surface area contributed by atoms with E-state index in [2.05, 4.69) is 10.6 Å². The topological polar surface area (TPSA) is 58.2 Å². The molecule has 0 unspecified atom stereocenters. The summed E-state index contributed by atoms with van der Waals surface area (Å²) in [5.74, 6) is -0.520. The van der Waals surface area contributed by atoms with Crippen LogP contribution in [0.2, 0.25) is 5.02 Å². The SMILES string of the molecule is O=C(Nc1ccc(Cl)cc1)Nc1ccc(C(=O)/C=C/c2ccc(F)cc2)cc1. The number of urea groups is 1. The zero-order valence-corrected chi connectivity index (χ0v) is 15.4. The normalized spacial score (nSPS) is 10.6. The van der Waals surface area contributed by atoms with Crippen molar-refractivity contribution in [3.05, 3.63) is 101 Å². The molecule has 0 saturated heterocycles. The lowest BCUT2D eigenvalue weighted by Gasteiger charge is -2.08. The average Bonchev–Trinajstić information content (AvgIpc) is 2.69. The molecule has 140 valence electrons. The van der Waals surface area contributed by atoms with E-state index in [0.717, 1.165) is 5.56 Å². The summed E-state index contributed by atoms with van der Waals surface area (Å²) in [6.45, 7) is 0. The van der Waals surface area contributed by atoms with Gasteiger partial charge in [-0.3, -0.25) is 4.79 Å². The Morgan fingerprint density at radius 2 is 1.32 bits per heavy atom. The van der Waals surface area contributed by atoms with Gasteiger partial charge >= 0.3 is 6.03 Å². The molecule has 3 aromatic carbocycles. The van der Waals surface area contributed by atoms with Crippen LogP contribution in [-0.4, -0.2) is 11.8 Å². The van der Waals surface area contributed by atoms with Crippen LogP contribution in [0.25, 0.3) is 6.08 Å². The quantitative estimate of drug-likeness (QED) is 0.410. The number of rotatable bonds is 5. The summed E-state index contributed by atoms with van der Waals surface area (Å²) >= 11 is 5.81. The van der Waals surface area contributed by atoms with Gasteiger partial charge in [-0.15, -0.1) is 0 Å². The molecule has 3 aromatic rings. The monoisotopic (exact) mass is 394 g/mol. The minimum absolute atomic E-state index is 0.193. The molecule has 0 aliphatic carbocycles. The number of hydrogen-bond acceptors (Lipinski definition) is 2. The molecule has 0 aliphatic heterocycles. The Morgan fingerprint density at radius 3 is 1.89 bits per heavy atom. The van der Waals surface area contributed by atoms with Crippen molar-refractivity contribution in [2.45, 2.75) is 0 Å². The molecule has 4 nitrogen and oxygen atoms in total. The number of anilines is 2. The lowest BCUT2D eigenvalue weighted by atomic mass is 10.1. The van der Waals surface area contributed by atoms with Gasteiger partial charge in [-0.05, 0) is 72.3 Å². The molecule has 0 atom stereocenters. The van der Waals surface area contributed by atoms with E-state index >= 15 is 0 Å². The molecule has 0 heterocycles. The molecule has 0 aromatic heterocycles. The Labute approximate surface area is 166 Å². The number of allylic oxidation sites excluding steroid dienone is 1. The maximum absolute atomic E-state index is 12.9. The fourth-order valence-corrected chi connectivity index (χ4v) is 2.51. The van der Waals surface area contributed by atoms with Gasteiger partial charge < -0.3 is 10.6 Å². The van der Waals surface area contributed by atoms with Gasteiger partial charge in [-0.25, -0.2) is 9.18 Å². The van der Waals surface area contributed by atoms with Gasteiger partial charge in [0.1, 0.15) is 5.82 Å². The van der Waals surface area contributed by atoms with Gasteiger partial charge in [0.2, 0.25) is 0 Å². The maximum Gasteiger partial charge on any atom is 0.323 e. The van der Waals surface area contributed by atoms with Crippen molar-refractivity contribution < 1.29 is 14.0 Å². The molecular weight excluding hydrogens is 379 g/mol. The van der Waals surface area contributed by atoms with Crippen molar-refractivity contribution in [3.63, 3.8) is 0 Å². The molecule has 28 heavy (non-hydrogen) atoms. The van der Waals surface area contributed by atoms with Crippen molar-refractivity contribution in [3.8, 4) is 0 Å². The van der Waals surface area contributed by atoms with Crippen LogP contribution in [0.1, 0.15) is 15.9 Å². The van der Waals surface area contributed by atoms with E-state index in [0.29, 0.717) is 22.0 Å². The first-order chi connectivity index (χ1) is 13.5. The van der Waals surface area contributed by atoms with Gasteiger partial charge in [0, 0.05) is 22.0 Å². The summed E-state index contributed by atoms with van der Waals surface area (Å²) in [6, 6.07) is 18.7. The number of nitrogens with one attached hydrogen (secondary N) is 2. The molecule has 6 heteroatoms. The summed E-state index contributed by atoms with van der Waals surface area (Å²) in [4.78, 5) is 24.2. The summed E-state index contributed by atoms with van der Waals surface area (Å²) in [7, 11) is 0. The van der Waals surface area contributed by atoms with E-state index in [9.17, 15) is 14.0 Å². The highest BCUT2D eigenvalue weighted by Crippen LogP contribution is 2.15. The van der Waals surface area contributed by atoms with Crippen LogP contribution >= 0.6 is 11.6 Å². The van der Waals surface area contributed by atoms with E-state index in [1.807, 2.05) is 0 Å². The predicted molar refractivity (Wildman–Crippen MR) is 110 cm³/mol. The van der Waals surface area contributed by atoms with Gasteiger partial charge in [0.05, 0.1) is 0 Å². The second-order valence-corrected chi connectivity index (χ2v) is 6.35. The molecule has 2 N–H and O–H groups in total. The molecular formula is C22H16ClFN2O2. The highest BCUT2D eigenvalue weighted by atomic mass is 35.5. The minimum atomic E-state index is -0.405. The van der Waals surface area contributed by atoms with E-state index in [1.165, 1.54) is 18.2 Å². The summed E-state index contributed by atoms with van der Waals surface area (Å²) in [5.41, 5.74) is 2.36. The van der Waals surface area contributed by atoms with Gasteiger partial charge in [0.15, 0.2) is 5.78 Å². The molecule has 3 rings (SSSR count). The summed E-state index contributed by atoms with van der Waals surface area (Å²) in [6.07, 6.45) is 3.04. The van der Waals surface area contributed by atoms with Crippen molar-refractivity contribution >= 4 is 40.9 Å². The fourth-order valence-electron chi connectivity index (χ4n) is 2.39. The van der Waals surface area contributed by atoms with Crippen LogP contribution in [0, 0.1) is 5.82 Å². The average molecular weight is 395 g/mol. The first-order valence-corrected chi connectivity index (χ1v) is 8.79. The van der Waals surface area contributed by atoms with Crippen LogP contribution in [0.4, 0.5) is 20.6 Å². The Morgan fingerprint density at radius 1 is 0.786 bits per heavy atom. The second kappa shape index (κ2) is 8.97. The van der Waals surface area contributed by atoms with Crippen molar-refractivity contribution in [2.75, 3.05) is 10.6 Å². The van der Waals surface area contributed by atoms with E-state index in [-0.39, 0.29) is 11.6 Å². The van der Waals surface area contributed by atoms with Crippen LogP contribution in [-0.2, 0) is 0 Å². The Hall–Kier alpha value is -3.44. The summed E-state index contributed by atoms with van der Waals surface area (Å²) in [5, 5.41) is 5.95. The number of benzene rings is 3. The van der Waals surface area contributed by atoms with Crippen LogP contribution < -0.4 is 10.6 Å². The number of halogens is 2. The Kier molecular flexibility index (Phi) is 6.19. The number of carbonyl (C=O) groups is 2. The minimum Gasteiger partial charge on any atom is -0.308 e. The number of amides is 2. The third kappa shape index (κ3) is 5.53. The largest absolute Gasteiger partial charge is 0.323 e. The van der Waals surface area contributed by atoms with Crippen molar-refractivity contribution in [2.24, 2.45) is 0 Å². The molecule has 0 fully saturated rings. The third-order valence-electron chi connectivity index (χ3n) is 3.83. The Bertz CT molecular complexity index is 998. The molecule has 0 spiro atoms. The van der Waals surface area contributed by atoms with Crippen LogP contribution in [0.5, 0.6) is 0 Å². The molecule has 0 aliphatic rings. The Balaban J connectivity index is 1.57. The molecule has 2 amide bonds. The van der Waals surface area contributed by atoms with E-state index in [1.54, 1.807) is 66.7 Å². The highest BCUT2D eigenvalue weighted by molar-refractivity contribution is 6.30. The predicted octanol–water partition coefficient (Wildman–Crippen LogP) is 6.02. The highest BCUT2D eigenvalue weighted by Gasteiger charge is 2.05. The zero-order valence-electron chi connectivity index (χ0n) is 14.7. The number of hydrogen-bond donors (Lipinski definition) is 2. The van der Waals surface area contributed by atoms with Crippen LogP contribution in [0.3, 0.4) is 0 Å². The lowest BCUT2D eigenvalue weighted by molar-refractivity contribution is 0.104. The molecule has 0 radical (unpaired) electrons. The fraction of sp³-hybridized carbons (Fsp3) is 0. The third-order valence-corrected chi connectivity index (χ3v) is 4.08. The molecule has 0 bridgehead atoms. The smallest absolute Gasteiger partial charge is 0.308 e. The van der Waals surface area contributed by atoms with Crippen LogP contribution in [0.15, 0.2) is 78.9 Å². The molecule has 0 saturated carbocycles. The van der Waals surface area contributed by atoms with Crippen molar-refractivity contribution in [1.82, 2.24) is 0 Å². The first kappa shape index (κ1) is 19.3. The van der Waals surface area contributed by atoms with Crippen molar-refractivity contribution in [1.29, 1.82) is 0 Å². The first-order valence-electron chi connectivity index (χ1n) is 8.41. The van der Waals surface area contributed by atoms with Gasteiger partial charge in [0.25, 0.3) is 0 Å². The number of carbonyl (C=O) groups excluding carboxylic acids is 2. The summed E-state index contributed by atoms with van der Waals surface area (Å²) < 4.78 is 12.9. The van der Waals surface area contributed by atoms with E-state index < -0.39 is 6.03 Å². The second-order valence-electron chi connectivity index (χ2n) is 5.91. The number of ketones is 1. The van der Waals surface area contributed by atoms with Gasteiger partial charge in [-0.1, -0.05) is 29.8 Å². The standard InChI is InChI=1S/C22H16ClFN2O2/c23-17-6-12-20(13-7-17)26-22(28)25-19-10-4-16(5-11-19)21(27)14-3-15-1-8-18(24)9-2-15/h1-14H,(H2,25,26,28)/b14-3+. The van der Waals surface area contributed by atoms with Gasteiger partial charge in [-0.2, -0.15) is 0 Å². The maximum atomic E-state index is 12.9. The van der Waals surface area contributed by atoms with E-state index in [4.69, 9.17) is 11.6 Å². The zero-order chi connectivity index (χ0) is 19.9.